The average molecular weight is 281 g/mol. The number of rotatable bonds is 3. The third-order valence-electron chi connectivity index (χ3n) is 1.87. The summed E-state index contributed by atoms with van der Waals surface area (Å²) in [6.45, 7) is 1.53. The van der Waals surface area contributed by atoms with Gasteiger partial charge >= 0.3 is 0 Å². The SMILES string of the molecule is Cc1nc(C(F)F)c([N+](=O)[O-])cc1CBr. The lowest BCUT2D eigenvalue weighted by Crippen LogP contribution is -2.03. The van der Waals surface area contributed by atoms with Crippen LogP contribution in [0.25, 0.3) is 0 Å². The molecule has 0 saturated heterocycles. The molecule has 0 N–H and O–H groups in total. The van der Waals surface area contributed by atoms with Crippen LogP contribution in [0, 0.1) is 17.0 Å². The van der Waals surface area contributed by atoms with Gasteiger partial charge in [0.1, 0.15) is 0 Å². The molecule has 15 heavy (non-hydrogen) atoms. The van der Waals surface area contributed by atoms with Crippen molar-refractivity contribution in [2.24, 2.45) is 0 Å². The first kappa shape index (κ1) is 12.0. The van der Waals surface area contributed by atoms with Crippen molar-refractivity contribution in [1.82, 2.24) is 4.98 Å². The lowest BCUT2D eigenvalue weighted by Gasteiger charge is -2.05. The van der Waals surface area contributed by atoms with Crippen LogP contribution in [-0.4, -0.2) is 9.91 Å². The molecule has 0 bridgehead atoms. The van der Waals surface area contributed by atoms with Gasteiger partial charge in [0.05, 0.1) is 4.92 Å². The zero-order chi connectivity index (χ0) is 11.6. The van der Waals surface area contributed by atoms with Crippen molar-refractivity contribution in [3.63, 3.8) is 0 Å². The average Bonchev–Trinajstić information content (AvgIpc) is 2.16. The zero-order valence-corrected chi connectivity index (χ0v) is 9.29. The molecule has 0 radical (unpaired) electrons. The van der Waals surface area contributed by atoms with Crippen LogP contribution in [0.3, 0.4) is 0 Å². The van der Waals surface area contributed by atoms with Gasteiger partial charge in [-0.25, -0.2) is 13.8 Å². The summed E-state index contributed by atoms with van der Waals surface area (Å²) in [5.41, 5.74) is -0.508. The minimum Gasteiger partial charge on any atom is -0.258 e. The quantitative estimate of drug-likeness (QED) is 0.486. The standard InChI is InChI=1S/C8H7BrF2N2O2/c1-4-5(3-9)2-6(13(14)15)7(12-4)8(10)11/h2,8H,3H2,1H3. The van der Waals surface area contributed by atoms with E-state index in [0.717, 1.165) is 6.07 Å². The van der Waals surface area contributed by atoms with Crippen molar-refractivity contribution < 1.29 is 13.7 Å². The van der Waals surface area contributed by atoms with Crippen LogP contribution >= 0.6 is 15.9 Å². The topological polar surface area (TPSA) is 56.0 Å². The van der Waals surface area contributed by atoms with Gasteiger partial charge in [-0.2, -0.15) is 0 Å². The molecule has 1 heterocycles. The molecule has 7 heteroatoms. The maximum atomic E-state index is 12.4. The van der Waals surface area contributed by atoms with Crippen molar-refractivity contribution in [2.75, 3.05) is 0 Å². The number of aryl methyl sites for hydroxylation is 1. The van der Waals surface area contributed by atoms with Gasteiger partial charge in [-0.15, -0.1) is 0 Å². The van der Waals surface area contributed by atoms with Crippen molar-refractivity contribution in [1.29, 1.82) is 0 Å². The first-order valence-electron chi connectivity index (χ1n) is 3.96. The van der Waals surface area contributed by atoms with Gasteiger partial charge < -0.3 is 0 Å². The summed E-state index contributed by atoms with van der Waals surface area (Å²) >= 11 is 3.10. The first-order valence-corrected chi connectivity index (χ1v) is 5.08. The predicted molar refractivity (Wildman–Crippen MR) is 53.2 cm³/mol. The Morgan fingerprint density at radius 1 is 1.67 bits per heavy atom. The highest BCUT2D eigenvalue weighted by Crippen LogP contribution is 2.29. The number of nitro groups is 1. The Kier molecular flexibility index (Phi) is 3.67. The van der Waals surface area contributed by atoms with Crippen molar-refractivity contribution in [3.05, 3.63) is 33.1 Å². The molecule has 1 aromatic heterocycles. The van der Waals surface area contributed by atoms with E-state index in [1.807, 2.05) is 0 Å². The van der Waals surface area contributed by atoms with Crippen LogP contribution in [0.1, 0.15) is 23.4 Å². The highest BCUT2D eigenvalue weighted by atomic mass is 79.9. The van der Waals surface area contributed by atoms with Gasteiger partial charge in [0.25, 0.3) is 12.1 Å². The zero-order valence-electron chi connectivity index (χ0n) is 7.71. The number of aromatic nitrogens is 1. The second kappa shape index (κ2) is 4.61. The van der Waals surface area contributed by atoms with Crippen molar-refractivity contribution in [3.8, 4) is 0 Å². The van der Waals surface area contributed by atoms with Crippen LogP contribution < -0.4 is 0 Å². The van der Waals surface area contributed by atoms with E-state index < -0.39 is 22.7 Å². The molecular weight excluding hydrogens is 274 g/mol. The molecule has 0 saturated carbocycles. The fourth-order valence-electron chi connectivity index (χ4n) is 1.10. The van der Waals surface area contributed by atoms with E-state index >= 15 is 0 Å². The molecule has 1 rings (SSSR count). The lowest BCUT2D eigenvalue weighted by atomic mass is 10.2. The number of pyridine rings is 1. The van der Waals surface area contributed by atoms with Crippen molar-refractivity contribution in [2.45, 2.75) is 18.7 Å². The lowest BCUT2D eigenvalue weighted by molar-refractivity contribution is -0.386. The molecule has 82 valence electrons. The van der Waals surface area contributed by atoms with E-state index in [-0.39, 0.29) is 0 Å². The Morgan fingerprint density at radius 3 is 2.67 bits per heavy atom. The number of nitrogens with zero attached hydrogens (tertiary/aromatic N) is 2. The molecule has 4 nitrogen and oxygen atoms in total. The first-order chi connectivity index (χ1) is 6.97. The monoisotopic (exact) mass is 280 g/mol. The molecule has 0 atom stereocenters. The summed E-state index contributed by atoms with van der Waals surface area (Å²) in [5, 5.41) is 10.9. The summed E-state index contributed by atoms with van der Waals surface area (Å²) < 4.78 is 24.8. The Labute approximate surface area is 92.6 Å². The molecule has 1 aromatic rings. The summed E-state index contributed by atoms with van der Waals surface area (Å²) in [5.74, 6) is 0. The van der Waals surface area contributed by atoms with Crippen LogP contribution in [0.2, 0.25) is 0 Å². The summed E-state index contributed by atoms with van der Waals surface area (Å²) in [7, 11) is 0. The third-order valence-corrected chi connectivity index (χ3v) is 2.48. The Balaban J connectivity index is 3.39. The fraction of sp³-hybridized carbons (Fsp3) is 0.375. The highest BCUT2D eigenvalue weighted by Gasteiger charge is 2.24. The number of hydrogen-bond donors (Lipinski definition) is 0. The fourth-order valence-corrected chi connectivity index (χ4v) is 1.66. The molecule has 0 fully saturated rings. The molecule has 0 aromatic carbocycles. The normalized spacial score (nSPS) is 10.7. The molecule has 0 spiro atoms. The van der Waals surface area contributed by atoms with E-state index in [1.165, 1.54) is 6.92 Å². The second-order valence-corrected chi connectivity index (χ2v) is 3.39. The van der Waals surface area contributed by atoms with E-state index in [9.17, 15) is 18.9 Å². The Morgan fingerprint density at radius 2 is 2.27 bits per heavy atom. The van der Waals surface area contributed by atoms with Gasteiger partial charge in [0.15, 0.2) is 5.69 Å². The van der Waals surface area contributed by atoms with E-state index in [1.54, 1.807) is 0 Å². The minimum atomic E-state index is -2.94. The summed E-state index contributed by atoms with van der Waals surface area (Å²) in [6.07, 6.45) is -2.94. The summed E-state index contributed by atoms with van der Waals surface area (Å²) in [4.78, 5) is 13.2. The largest absolute Gasteiger partial charge is 0.296 e. The van der Waals surface area contributed by atoms with Gasteiger partial charge in [0.2, 0.25) is 0 Å². The number of alkyl halides is 3. The number of hydrogen-bond acceptors (Lipinski definition) is 3. The molecule has 0 unspecified atom stereocenters. The molecule has 0 aliphatic carbocycles. The maximum Gasteiger partial charge on any atom is 0.296 e. The van der Waals surface area contributed by atoms with E-state index in [0.29, 0.717) is 16.6 Å². The smallest absolute Gasteiger partial charge is 0.258 e. The Hall–Kier alpha value is -1.11. The van der Waals surface area contributed by atoms with Gasteiger partial charge in [-0.1, -0.05) is 15.9 Å². The minimum absolute atomic E-state index is 0.343. The van der Waals surface area contributed by atoms with Crippen LogP contribution in [0.15, 0.2) is 6.07 Å². The molecule has 0 aliphatic rings. The van der Waals surface area contributed by atoms with Crippen LogP contribution in [-0.2, 0) is 5.33 Å². The van der Waals surface area contributed by atoms with Crippen LogP contribution in [0.4, 0.5) is 14.5 Å². The molecule has 0 amide bonds. The molecule has 0 aliphatic heterocycles. The predicted octanol–water partition coefficient (Wildman–Crippen LogP) is 3.13. The van der Waals surface area contributed by atoms with E-state index in [4.69, 9.17) is 0 Å². The molecular formula is C8H7BrF2N2O2. The van der Waals surface area contributed by atoms with Gasteiger partial charge in [-0.3, -0.25) is 10.1 Å². The van der Waals surface area contributed by atoms with Crippen molar-refractivity contribution >= 4 is 21.6 Å². The van der Waals surface area contributed by atoms with E-state index in [2.05, 4.69) is 20.9 Å². The summed E-state index contributed by atoms with van der Waals surface area (Å²) in [6, 6.07) is 1.12. The third kappa shape index (κ3) is 2.47. The second-order valence-electron chi connectivity index (χ2n) is 2.83. The van der Waals surface area contributed by atoms with Gasteiger partial charge in [0, 0.05) is 17.1 Å². The maximum absolute atomic E-state index is 12.4. The highest BCUT2D eigenvalue weighted by molar-refractivity contribution is 9.08. The van der Waals surface area contributed by atoms with Crippen LogP contribution in [0.5, 0.6) is 0 Å². The number of halogens is 3. The van der Waals surface area contributed by atoms with Gasteiger partial charge in [-0.05, 0) is 12.5 Å². The Bertz CT molecular complexity index is 398.